The molecule has 5 rings (SSSR count). The number of carbonyl (C=O) groups excluding carboxylic acids is 4. The van der Waals surface area contributed by atoms with Crippen LogP contribution in [0.5, 0.6) is 5.75 Å². The van der Waals surface area contributed by atoms with Crippen molar-refractivity contribution in [1.82, 2.24) is 20.4 Å². The predicted molar refractivity (Wildman–Crippen MR) is 173 cm³/mol. The third kappa shape index (κ3) is 9.08. The maximum Gasteiger partial charge on any atom is 0.334 e. The monoisotopic (exact) mass is 716 g/mol. The Morgan fingerprint density at radius 1 is 0.863 bits per heavy atom. The number of hydrogen-bond acceptors (Lipinski definition) is 7. The molecule has 4 atom stereocenters. The zero-order valence-corrected chi connectivity index (χ0v) is 27.7. The Bertz CT molecular complexity index is 1700. The maximum absolute atomic E-state index is 14.5. The summed E-state index contributed by atoms with van der Waals surface area (Å²) in [5.41, 5.74) is 1.42. The molecule has 3 aromatic carbocycles. The fourth-order valence-corrected chi connectivity index (χ4v) is 6.21. The molecule has 2 fully saturated rings. The summed E-state index contributed by atoms with van der Waals surface area (Å²) in [5, 5.41) is 5.47. The Morgan fingerprint density at radius 3 is 2.04 bits per heavy atom. The van der Waals surface area contributed by atoms with Crippen LogP contribution >= 0.6 is 0 Å². The molecule has 3 amide bonds. The fraction of sp³-hybridized carbons (Fsp3) is 0.389. The van der Waals surface area contributed by atoms with Crippen LogP contribution in [0.2, 0.25) is 0 Å². The van der Waals surface area contributed by atoms with Crippen LogP contribution in [-0.2, 0) is 36.8 Å². The standard InChI is InChI=1S/C36H37F5N4O6/c1-21-18-25(43-34(47)24(13-12-22-8-4-2-5-9-22)42-27(46)20-44-14-16-50-17-15-44)35(48)45(21)26(19-23-10-6-3-7-11-23)36(49)51-33-31(40)29(38)28(37)30(39)32(33)41/h2-11,21,24-26H,12-20H2,1H3,(H,42,46)(H,43,47)/t21?,24-,25?,26-/m0/s1. The van der Waals surface area contributed by atoms with Crippen molar-refractivity contribution in [1.29, 1.82) is 0 Å². The highest BCUT2D eigenvalue weighted by atomic mass is 19.2. The second kappa shape index (κ2) is 16.9. The van der Waals surface area contributed by atoms with Crippen LogP contribution in [0.25, 0.3) is 0 Å². The minimum absolute atomic E-state index is 0.00119. The molecule has 0 aliphatic carbocycles. The summed E-state index contributed by atoms with van der Waals surface area (Å²) in [5.74, 6) is -16.7. The average Bonchev–Trinajstić information content (AvgIpc) is 3.41. The summed E-state index contributed by atoms with van der Waals surface area (Å²) in [6.07, 6.45) is 0.387. The first-order valence-electron chi connectivity index (χ1n) is 16.5. The van der Waals surface area contributed by atoms with Gasteiger partial charge in [0, 0.05) is 25.6 Å². The minimum Gasteiger partial charge on any atom is -0.418 e. The lowest BCUT2D eigenvalue weighted by Gasteiger charge is -2.30. The number of morpholine rings is 1. The van der Waals surface area contributed by atoms with Crippen LogP contribution < -0.4 is 15.4 Å². The van der Waals surface area contributed by atoms with Crippen LogP contribution in [0.3, 0.4) is 0 Å². The summed E-state index contributed by atoms with van der Waals surface area (Å²) in [7, 11) is 0. The molecule has 2 saturated heterocycles. The van der Waals surface area contributed by atoms with Crippen LogP contribution in [0.1, 0.15) is 30.9 Å². The van der Waals surface area contributed by atoms with Crippen molar-refractivity contribution in [2.24, 2.45) is 0 Å². The zero-order valence-electron chi connectivity index (χ0n) is 27.7. The summed E-state index contributed by atoms with van der Waals surface area (Å²) in [6, 6.07) is 12.9. The van der Waals surface area contributed by atoms with E-state index in [1.165, 1.54) is 0 Å². The first-order chi connectivity index (χ1) is 24.4. The predicted octanol–water partition coefficient (Wildman–Crippen LogP) is 3.45. The molecule has 2 aliphatic rings. The second-order valence-electron chi connectivity index (χ2n) is 12.4. The number of carbonyl (C=O) groups is 4. The quantitative estimate of drug-likeness (QED) is 0.0916. The fourth-order valence-electron chi connectivity index (χ4n) is 6.21. The summed E-state index contributed by atoms with van der Waals surface area (Å²) >= 11 is 0. The van der Waals surface area contributed by atoms with E-state index < -0.39 is 82.7 Å². The number of nitrogens with zero attached hydrogens (tertiary/aromatic N) is 2. The number of likely N-dealkylation sites (tertiary alicyclic amines) is 1. The number of rotatable bonds is 13. The lowest BCUT2D eigenvalue weighted by atomic mass is 10.0. The highest BCUT2D eigenvalue weighted by Gasteiger charge is 2.46. The number of benzene rings is 3. The van der Waals surface area contributed by atoms with E-state index >= 15 is 0 Å². The van der Waals surface area contributed by atoms with Crippen molar-refractivity contribution in [3.05, 3.63) is 101 Å². The van der Waals surface area contributed by atoms with Gasteiger partial charge in [0.1, 0.15) is 18.1 Å². The molecule has 272 valence electrons. The van der Waals surface area contributed by atoms with Crippen molar-refractivity contribution >= 4 is 23.7 Å². The third-order valence-corrected chi connectivity index (χ3v) is 8.86. The van der Waals surface area contributed by atoms with Gasteiger partial charge in [0.15, 0.2) is 0 Å². The van der Waals surface area contributed by atoms with E-state index in [-0.39, 0.29) is 25.8 Å². The molecular formula is C36H37F5N4O6. The molecule has 3 aromatic rings. The molecular weight excluding hydrogens is 679 g/mol. The van der Waals surface area contributed by atoms with Gasteiger partial charge in [-0.05, 0) is 37.3 Å². The van der Waals surface area contributed by atoms with Gasteiger partial charge in [-0.1, -0.05) is 60.7 Å². The Morgan fingerprint density at radius 2 is 1.43 bits per heavy atom. The third-order valence-electron chi connectivity index (χ3n) is 8.86. The maximum atomic E-state index is 14.5. The van der Waals surface area contributed by atoms with Gasteiger partial charge < -0.3 is 25.0 Å². The van der Waals surface area contributed by atoms with Crippen molar-refractivity contribution in [3.63, 3.8) is 0 Å². The number of halogens is 5. The molecule has 0 spiro atoms. The summed E-state index contributed by atoms with van der Waals surface area (Å²) in [4.78, 5) is 57.1. The van der Waals surface area contributed by atoms with Crippen LogP contribution in [-0.4, -0.2) is 90.5 Å². The largest absolute Gasteiger partial charge is 0.418 e. The van der Waals surface area contributed by atoms with Crippen molar-refractivity contribution < 1.29 is 50.6 Å². The minimum atomic E-state index is -2.42. The van der Waals surface area contributed by atoms with Crippen LogP contribution in [0.15, 0.2) is 60.7 Å². The van der Waals surface area contributed by atoms with E-state index in [1.54, 1.807) is 37.3 Å². The van der Waals surface area contributed by atoms with E-state index in [4.69, 9.17) is 9.47 Å². The first kappa shape index (κ1) is 37.4. The molecule has 2 heterocycles. The van der Waals surface area contributed by atoms with Crippen molar-refractivity contribution in [2.75, 3.05) is 32.8 Å². The number of amides is 3. The molecule has 0 aromatic heterocycles. The Balaban J connectivity index is 1.35. The van der Waals surface area contributed by atoms with Crippen molar-refractivity contribution in [2.45, 2.75) is 56.8 Å². The summed E-state index contributed by atoms with van der Waals surface area (Å²) in [6.45, 7) is 3.67. The van der Waals surface area contributed by atoms with Crippen LogP contribution in [0, 0.1) is 29.1 Å². The number of esters is 1. The first-order valence-corrected chi connectivity index (χ1v) is 16.5. The highest BCUT2D eigenvalue weighted by molar-refractivity contribution is 5.95. The van der Waals surface area contributed by atoms with E-state index in [2.05, 4.69) is 10.6 Å². The van der Waals surface area contributed by atoms with E-state index in [1.807, 2.05) is 35.2 Å². The smallest absolute Gasteiger partial charge is 0.334 e. The number of ether oxygens (including phenoxy) is 2. The zero-order chi connectivity index (χ0) is 36.7. The van der Waals surface area contributed by atoms with Gasteiger partial charge in [-0.2, -0.15) is 8.78 Å². The molecule has 2 unspecified atom stereocenters. The number of nitrogens with one attached hydrogen (secondary N) is 2. The molecule has 2 aliphatic heterocycles. The topological polar surface area (TPSA) is 117 Å². The summed E-state index contributed by atoms with van der Waals surface area (Å²) < 4.78 is 80.6. The molecule has 0 radical (unpaired) electrons. The average molecular weight is 717 g/mol. The highest BCUT2D eigenvalue weighted by Crippen LogP contribution is 2.31. The Kier molecular flexibility index (Phi) is 12.4. The van der Waals surface area contributed by atoms with E-state index in [0.29, 0.717) is 38.3 Å². The number of aryl methyl sites for hydroxylation is 1. The van der Waals surface area contributed by atoms with Gasteiger partial charge in [0.2, 0.25) is 52.6 Å². The molecule has 0 saturated carbocycles. The Labute approximate surface area is 290 Å². The van der Waals surface area contributed by atoms with Gasteiger partial charge in [-0.3, -0.25) is 19.3 Å². The molecule has 51 heavy (non-hydrogen) atoms. The number of hydrogen-bond donors (Lipinski definition) is 2. The second-order valence-corrected chi connectivity index (χ2v) is 12.4. The molecule has 0 bridgehead atoms. The van der Waals surface area contributed by atoms with E-state index in [0.717, 1.165) is 10.5 Å². The van der Waals surface area contributed by atoms with Gasteiger partial charge in [-0.25, -0.2) is 18.0 Å². The lowest BCUT2D eigenvalue weighted by molar-refractivity contribution is -0.148. The SMILES string of the molecule is CC1CC(NC(=O)[C@H](CCc2ccccc2)NC(=O)CN2CCOCC2)C(=O)N1[C@@H](Cc1ccccc1)C(=O)Oc1c(F)c(F)c(F)c(F)c1F. The van der Waals surface area contributed by atoms with Crippen molar-refractivity contribution in [3.8, 4) is 5.75 Å². The van der Waals surface area contributed by atoms with Gasteiger partial charge in [0.25, 0.3) is 0 Å². The van der Waals surface area contributed by atoms with Gasteiger partial charge in [-0.15, -0.1) is 0 Å². The normalized spacial score (nSPS) is 19.0. The molecule has 2 N–H and O–H groups in total. The lowest BCUT2D eigenvalue weighted by Crippen LogP contribution is -2.55. The van der Waals surface area contributed by atoms with Gasteiger partial charge in [0.05, 0.1) is 19.8 Å². The molecule has 10 nitrogen and oxygen atoms in total. The molecule has 15 heteroatoms. The van der Waals surface area contributed by atoms with E-state index in [9.17, 15) is 41.1 Å². The Hall–Kier alpha value is -4.89. The van der Waals surface area contributed by atoms with Gasteiger partial charge >= 0.3 is 5.97 Å². The van der Waals surface area contributed by atoms with Crippen LogP contribution in [0.4, 0.5) is 22.0 Å².